The molecule has 0 saturated carbocycles. The number of aliphatic carboxylic acids is 1. The van der Waals surface area contributed by atoms with Crippen molar-refractivity contribution in [2.24, 2.45) is 0 Å². The van der Waals surface area contributed by atoms with Crippen molar-refractivity contribution in [3.05, 3.63) is 29.8 Å². The van der Waals surface area contributed by atoms with Gasteiger partial charge in [0.2, 0.25) is 5.60 Å². The Morgan fingerprint density at radius 2 is 2.31 bits per heavy atom. The summed E-state index contributed by atoms with van der Waals surface area (Å²) in [6.45, 7) is 0.973. The summed E-state index contributed by atoms with van der Waals surface area (Å²) < 4.78 is 13.0. The van der Waals surface area contributed by atoms with Crippen LogP contribution in [0.4, 0.5) is 4.39 Å². The van der Waals surface area contributed by atoms with E-state index in [2.05, 4.69) is 4.98 Å². The summed E-state index contributed by atoms with van der Waals surface area (Å²) in [5.41, 5.74) is -2.77. The fourth-order valence-electron chi connectivity index (χ4n) is 0.845. The largest absolute Gasteiger partial charge is 0.479 e. The van der Waals surface area contributed by atoms with Crippen molar-refractivity contribution in [1.82, 2.24) is 4.98 Å². The predicted molar refractivity (Wildman–Crippen MR) is 41.4 cm³/mol. The number of halogens is 1. The highest BCUT2D eigenvalue weighted by Crippen LogP contribution is 2.20. The average molecular weight is 185 g/mol. The molecule has 4 nitrogen and oxygen atoms in total. The molecule has 0 spiro atoms. The Kier molecular flexibility index (Phi) is 2.29. The molecule has 0 aromatic carbocycles. The number of pyridine rings is 1. The topological polar surface area (TPSA) is 70.4 Å². The van der Waals surface area contributed by atoms with E-state index < -0.39 is 23.1 Å². The maximum Gasteiger partial charge on any atom is 0.341 e. The maximum absolute atomic E-state index is 13.0. The molecule has 0 saturated heterocycles. The molecule has 1 aromatic heterocycles. The van der Waals surface area contributed by atoms with Gasteiger partial charge in [-0.05, 0) is 19.1 Å². The minimum Gasteiger partial charge on any atom is -0.479 e. The van der Waals surface area contributed by atoms with Gasteiger partial charge < -0.3 is 10.2 Å². The third-order valence-corrected chi connectivity index (χ3v) is 1.64. The third kappa shape index (κ3) is 1.65. The second-order valence-corrected chi connectivity index (χ2v) is 2.71. The van der Waals surface area contributed by atoms with E-state index in [1.807, 2.05) is 0 Å². The van der Waals surface area contributed by atoms with Crippen molar-refractivity contribution >= 4 is 5.97 Å². The number of carboxylic acid groups (broad SMARTS) is 1. The van der Waals surface area contributed by atoms with E-state index in [4.69, 9.17) is 5.11 Å². The van der Waals surface area contributed by atoms with E-state index in [0.717, 1.165) is 13.0 Å². The Hall–Kier alpha value is -1.49. The highest BCUT2D eigenvalue weighted by Gasteiger charge is 2.36. The summed E-state index contributed by atoms with van der Waals surface area (Å²) in [5, 5.41) is 17.9. The molecule has 0 radical (unpaired) electrons. The van der Waals surface area contributed by atoms with Gasteiger partial charge in [0.05, 0.1) is 0 Å². The number of rotatable bonds is 2. The summed E-state index contributed by atoms with van der Waals surface area (Å²) >= 11 is 0. The van der Waals surface area contributed by atoms with Gasteiger partial charge >= 0.3 is 5.97 Å². The molecule has 70 valence electrons. The minimum atomic E-state index is -2.29. The molecule has 1 unspecified atom stereocenters. The highest BCUT2D eigenvalue weighted by atomic mass is 19.1. The van der Waals surface area contributed by atoms with Crippen LogP contribution in [0.1, 0.15) is 12.6 Å². The van der Waals surface area contributed by atoms with Crippen LogP contribution >= 0.6 is 0 Å². The monoisotopic (exact) mass is 185 g/mol. The first-order valence-electron chi connectivity index (χ1n) is 3.53. The van der Waals surface area contributed by atoms with Crippen LogP contribution in [0, 0.1) is 5.82 Å². The smallest absolute Gasteiger partial charge is 0.341 e. The van der Waals surface area contributed by atoms with Crippen LogP contribution in [0.2, 0.25) is 0 Å². The summed E-state index contributed by atoms with van der Waals surface area (Å²) in [6.07, 6.45) is 1.22. The van der Waals surface area contributed by atoms with Crippen LogP contribution in [0.5, 0.6) is 0 Å². The van der Waals surface area contributed by atoms with Gasteiger partial charge in [-0.3, -0.25) is 4.98 Å². The van der Waals surface area contributed by atoms with E-state index in [0.29, 0.717) is 0 Å². The molecule has 0 aliphatic rings. The molecule has 1 rings (SSSR count). The summed E-state index contributed by atoms with van der Waals surface area (Å²) in [5.74, 6) is -2.37. The quantitative estimate of drug-likeness (QED) is 0.704. The zero-order valence-corrected chi connectivity index (χ0v) is 6.86. The Balaban J connectivity index is 3.22. The zero-order chi connectivity index (χ0) is 10.1. The van der Waals surface area contributed by atoms with Crippen molar-refractivity contribution in [2.75, 3.05) is 0 Å². The lowest BCUT2D eigenvalue weighted by Crippen LogP contribution is -2.33. The van der Waals surface area contributed by atoms with Crippen molar-refractivity contribution < 1.29 is 19.4 Å². The second-order valence-electron chi connectivity index (χ2n) is 2.71. The van der Waals surface area contributed by atoms with Crippen LogP contribution in [0.3, 0.4) is 0 Å². The van der Waals surface area contributed by atoms with Crippen molar-refractivity contribution in [3.8, 4) is 0 Å². The number of aromatic nitrogens is 1. The van der Waals surface area contributed by atoms with Crippen molar-refractivity contribution in [3.63, 3.8) is 0 Å². The first-order chi connectivity index (χ1) is 5.96. The molecule has 0 aliphatic heterocycles. The fraction of sp³-hybridized carbons (Fsp3) is 0.250. The maximum atomic E-state index is 13.0. The minimum absolute atomic E-state index is 0.484. The second kappa shape index (κ2) is 3.10. The number of carboxylic acids is 1. The third-order valence-electron chi connectivity index (χ3n) is 1.64. The van der Waals surface area contributed by atoms with Crippen LogP contribution < -0.4 is 0 Å². The van der Waals surface area contributed by atoms with E-state index in [1.54, 1.807) is 0 Å². The molecule has 1 atom stereocenters. The molecule has 0 aliphatic carbocycles. The van der Waals surface area contributed by atoms with Crippen molar-refractivity contribution in [2.45, 2.75) is 12.5 Å². The lowest BCUT2D eigenvalue weighted by atomic mass is 10.0. The van der Waals surface area contributed by atoms with Gasteiger partial charge in [-0.25, -0.2) is 9.18 Å². The standard InChI is InChI=1S/C8H8FNO3/c1-8(13,7(11)12)6-5(9)3-2-4-10-6/h2-4,13H,1H3,(H,11,12). The lowest BCUT2D eigenvalue weighted by molar-refractivity contribution is -0.158. The van der Waals surface area contributed by atoms with E-state index >= 15 is 0 Å². The first kappa shape index (κ1) is 9.60. The molecular formula is C8H8FNO3. The number of aliphatic hydroxyl groups is 1. The van der Waals surface area contributed by atoms with Gasteiger partial charge in [-0.1, -0.05) is 0 Å². The number of hydrogen-bond donors (Lipinski definition) is 2. The molecule has 5 heteroatoms. The molecule has 0 bridgehead atoms. The average Bonchev–Trinajstić information content (AvgIpc) is 2.04. The SMILES string of the molecule is CC(O)(C(=O)O)c1ncccc1F. The van der Waals surface area contributed by atoms with Crippen LogP contribution in [0.25, 0.3) is 0 Å². The molecule has 0 amide bonds. The lowest BCUT2D eigenvalue weighted by Gasteiger charge is -2.16. The Morgan fingerprint density at radius 3 is 2.77 bits per heavy atom. The molecule has 0 fully saturated rings. The van der Waals surface area contributed by atoms with Crippen LogP contribution in [0.15, 0.2) is 18.3 Å². The normalized spacial score (nSPS) is 15.0. The van der Waals surface area contributed by atoms with Gasteiger partial charge in [0.1, 0.15) is 11.5 Å². The first-order valence-corrected chi connectivity index (χ1v) is 3.53. The Labute approximate surface area is 73.7 Å². The molecule has 1 heterocycles. The van der Waals surface area contributed by atoms with Gasteiger partial charge in [0.15, 0.2) is 0 Å². The Morgan fingerprint density at radius 1 is 1.69 bits per heavy atom. The summed E-state index contributed by atoms with van der Waals surface area (Å²) in [7, 11) is 0. The summed E-state index contributed by atoms with van der Waals surface area (Å²) in [6, 6.07) is 2.36. The van der Waals surface area contributed by atoms with Gasteiger partial charge in [-0.2, -0.15) is 0 Å². The van der Waals surface area contributed by atoms with Crippen molar-refractivity contribution in [1.29, 1.82) is 0 Å². The molecular weight excluding hydrogens is 177 g/mol. The molecule has 1 aromatic rings. The predicted octanol–water partition coefficient (Wildman–Crippen LogP) is 0.513. The van der Waals surface area contributed by atoms with E-state index in [9.17, 15) is 14.3 Å². The van der Waals surface area contributed by atoms with E-state index in [1.165, 1.54) is 12.3 Å². The fourth-order valence-corrected chi connectivity index (χ4v) is 0.845. The van der Waals surface area contributed by atoms with E-state index in [-0.39, 0.29) is 0 Å². The molecule has 2 N–H and O–H groups in total. The van der Waals surface area contributed by atoms with Gasteiger partial charge in [-0.15, -0.1) is 0 Å². The zero-order valence-electron chi connectivity index (χ0n) is 6.86. The molecule has 13 heavy (non-hydrogen) atoms. The number of nitrogens with zero attached hydrogens (tertiary/aromatic N) is 1. The van der Waals surface area contributed by atoms with Crippen LogP contribution in [-0.2, 0) is 10.4 Å². The highest BCUT2D eigenvalue weighted by molar-refractivity contribution is 5.77. The number of carbonyl (C=O) groups is 1. The van der Waals surface area contributed by atoms with Gasteiger partial charge in [0, 0.05) is 6.20 Å². The van der Waals surface area contributed by atoms with Crippen LogP contribution in [-0.4, -0.2) is 21.2 Å². The Bertz CT molecular complexity index is 338. The summed E-state index contributed by atoms with van der Waals surface area (Å²) in [4.78, 5) is 14.0. The van der Waals surface area contributed by atoms with Gasteiger partial charge in [0.25, 0.3) is 0 Å². The number of hydrogen-bond acceptors (Lipinski definition) is 3.